The van der Waals surface area contributed by atoms with Crippen LogP contribution in [0.25, 0.3) is 0 Å². The first-order valence-electron chi connectivity index (χ1n) is 10.2. The van der Waals surface area contributed by atoms with Gasteiger partial charge >= 0.3 is 11.9 Å². The highest BCUT2D eigenvalue weighted by Crippen LogP contribution is 2.19. The molecule has 0 spiro atoms. The molecule has 0 aromatic heterocycles. The standard InChI is InChI=1S/C23H26ClN3O5/c1-31-22(29)17-11-18(23(30)32-2)13-19(12-17)25-21(28)15-27-9-7-26(8-10-27)14-16-5-3-4-6-20(16)24/h3-6,11-13H,7-10,14-15H2,1-2H3,(H,25,28). The normalized spacial score (nSPS) is 14.6. The summed E-state index contributed by atoms with van der Waals surface area (Å²) >= 11 is 6.25. The van der Waals surface area contributed by atoms with Crippen LogP contribution in [0.1, 0.15) is 26.3 Å². The van der Waals surface area contributed by atoms with Crippen molar-refractivity contribution in [2.75, 3.05) is 52.3 Å². The summed E-state index contributed by atoms with van der Waals surface area (Å²) in [6, 6.07) is 12.1. The van der Waals surface area contributed by atoms with E-state index < -0.39 is 11.9 Å². The third-order valence-corrected chi connectivity index (χ3v) is 5.61. The number of nitrogens with one attached hydrogen (secondary N) is 1. The van der Waals surface area contributed by atoms with Crippen molar-refractivity contribution in [3.8, 4) is 0 Å². The lowest BCUT2D eigenvalue weighted by Gasteiger charge is -2.34. The van der Waals surface area contributed by atoms with E-state index in [0.717, 1.165) is 43.3 Å². The van der Waals surface area contributed by atoms with Crippen LogP contribution >= 0.6 is 11.6 Å². The smallest absolute Gasteiger partial charge is 0.337 e. The maximum absolute atomic E-state index is 12.6. The molecule has 0 unspecified atom stereocenters. The minimum atomic E-state index is -0.610. The van der Waals surface area contributed by atoms with Crippen LogP contribution in [0.2, 0.25) is 5.02 Å². The molecule has 170 valence electrons. The van der Waals surface area contributed by atoms with E-state index in [9.17, 15) is 14.4 Å². The molecule has 1 fully saturated rings. The molecule has 2 aromatic rings. The Morgan fingerprint density at radius 2 is 1.47 bits per heavy atom. The first kappa shape index (κ1) is 23.7. The minimum Gasteiger partial charge on any atom is -0.465 e. The maximum atomic E-state index is 12.6. The van der Waals surface area contributed by atoms with Gasteiger partial charge in [0, 0.05) is 43.4 Å². The van der Waals surface area contributed by atoms with Crippen LogP contribution in [0.5, 0.6) is 0 Å². The Morgan fingerprint density at radius 1 is 0.906 bits per heavy atom. The number of ether oxygens (including phenoxy) is 2. The van der Waals surface area contributed by atoms with Crippen molar-refractivity contribution in [3.05, 3.63) is 64.2 Å². The molecule has 1 amide bonds. The van der Waals surface area contributed by atoms with Gasteiger partial charge in [0.1, 0.15) is 0 Å². The lowest BCUT2D eigenvalue weighted by molar-refractivity contribution is -0.117. The Morgan fingerprint density at radius 3 is 2.03 bits per heavy atom. The fourth-order valence-corrected chi connectivity index (χ4v) is 3.74. The van der Waals surface area contributed by atoms with Crippen LogP contribution in [0.15, 0.2) is 42.5 Å². The van der Waals surface area contributed by atoms with Crippen molar-refractivity contribution in [2.45, 2.75) is 6.54 Å². The summed E-state index contributed by atoms with van der Waals surface area (Å²) in [5.74, 6) is -1.45. The SMILES string of the molecule is COC(=O)c1cc(NC(=O)CN2CCN(Cc3ccccc3Cl)CC2)cc(C(=O)OC)c1. The topological polar surface area (TPSA) is 88.2 Å². The third-order valence-electron chi connectivity index (χ3n) is 5.24. The van der Waals surface area contributed by atoms with Gasteiger partial charge < -0.3 is 14.8 Å². The molecule has 1 N–H and O–H groups in total. The number of nitrogens with zero attached hydrogens (tertiary/aromatic N) is 2. The summed E-state index contributed by atoms with van der Waals surface area (Å²) in [5.41, 5.74) is 1.72. The van der Waals surface area contributed by atoms with Crippen molar-refractivity contribution in [3.63, 3.8) is 0 Å². The molecule has 1 aliphatic rings. The average molecular weight is 460 g/mol. The van der Waals surface area contributed by atoms with Gasteiger partial charge in [-0.3, -0.25) is 14.6 Å². The molecule has 0 bridgehead atoms. The van der Waals surface area contributed by atoms with Gasteiger partial charge in [0.05, 0.1) is 31.9 Å². The van der Waals surface area contributed by atoms with Gasteiger partial charge in [-0.2, -0.15) is 0 Å². The third kappa shape index (κ3) is 6.29. The van der Waals surface area contributed by atoms with Gasteiger partial charge in [0.2, 0.25) is 5.91 Å². The van der Waals surface area contributed by atoms with E-state index in [1.54, 1.807) is 0 Å². The summed E-state index contributed by atoms with van der Waals surface area (Å²) in [4.78, 5) is 40.8. The first-order valence-corrected chi connectivity index (χ1v) is 10.6. The molecule has 3 rings (SSSR count). The van der Waals surface area contributed by atoms with Crippen molar-refractivity contribution < 1.29 is 23.9 Å². The Kier molecular flexibility index (Phi) is 8.21. The Balaban J connectivity index is 1.56. The predicted octanol–water partition coefficient (Wildman–Crippen LogP) is 2.67. The van der Waals surface area contributed by atoms with E-state index in [0.29, 0.717) is 5.69 Å². The number of anilines is 1. The van der Waals surface area contributed by atoms with E-state index >= 15 is 0 Å². The number of carbonyl (C=O) groups excluding carboxylic acids is 3. The summed E-state index contributed by atoms with van der Waals surface area (Å²) < 4.78 is 9.44. The maximum Gasteiger partial charge on any atom is 0.337 e. The molecule has 0 aliphatic carbocycles. The van der Waals surface area contributed by atoms with Gasteiger partial charge in [-0.15, -0.1) is 0 Å². The van der Waals surface area contributed by atoms with Gasteiger partial charge in [0.15, 0.2) is 0 Å². The second-order valence-corrected chi connectivity index (χ2v) is 7.88. The largest absolute Gasteiger partial charge is 0.465 e. The molecule has 8 nitrogen and oxygen atoms in total. The number of esters is 2. The first-order chi connectivity index (χ1) is 15.4. The molecule has 1 saturated heterocycles. The summed E-state index contributed by atoms with van der Waals surface area (Å²) in [5, 5.41) is 3.52. The zero-order valence-corrected chi connectivity index (χ0v) is 18.9. The van der Waals surface area contributed by atoms with Gasteiger partial charge in [-0.1, -0.05) is 29.8 Å². The van der Waals surface area contributed by atoms with Crippen LogP contribution in [0.3, 0.4) is 0 Å². The molecule has 0 saturated carbocycles. The fourth-order valence-electron chi connectivity index (χ4n) is 3.55. The zero-order chi connectivity index (χ0) is 23.1. The zero-order valence-electron chi connectivity index (χ0n) is 18.1. The number of benzene rings is 2. The van der Waals surface area contributed by atoms with Crippen molar-refractivity contribution in [1.82, 2.24) is 9.80 Å². The molecule has 1 heterocycles. The van der Waals surface area contributed by atoms with E-state index in [4.69, 9.17) is 21.1 Å². The van der Waals surface area contributed by atoms with E-state index in [-0.39, 0.29) is 23.6 Å². The van der Waals surface area contributed by atoms with Crippen LogP contribution in [0, 0.1) is 0 Å². The van der Waals surface area contributed by atoms with Crippen LogP contribution in [0.4, 0.5) is 5.69 Å². The second-order valence-electron chi connectivity index (χ2n) is 7.47. The van der Waals surface area contributed by atoms with Crippen LogP contribution in [-0.4, -0.2) is 74.6 Å². The van der Waals surface area contributed by atoms with Crippen molar-refractivity contribution in [1.29, 1.82) is 0 Å². The number of methoxy groups -OCH3 is 2. The molecular weight excluding hydrogens is 434 g/mol. The molecule has 32 heavy (non-hydrogen) atoms. The fraction of sp³-hybridized carbons (Fsp3) is 0.348. The highest BCUT2D eigenvalue weighted by atomic mass is 35.5. The Labute approximate surface area is 192 Å². The highest BCUT2D eigenvalue weighted by molar-refractivity contribution is 6.31. The second kappa shape index (κ2) is 11.1. The Bertz CT molecular complexity index is 955. The molecule has 0 atom stereocenters. The monoisotopic (exact) mass is 459 g/mol. The lowest BCUT2D eigenvalue weighted by atomic mass is 10.1. The molecule has 9 heteroatoms. The van der Waals surface area contributed by atoms with E-state index in [1.807, 2.05) is 24.3 Å². The van der Waals surface area contributed by atoms with Crippen LogP contribution in [-0.2, 0) is 20.8 Å². The summed E-state index contributed by atoms with van der Waals surface area (Å²) in [6.45, 7) is 4.11. The number of piperazine rings is 1. The van der Waals surface area contributed by atoms with E-state index in [2.05, 4.69) is 15.1 Å². The predicted molar refractivity (Wildman–Crippen MR) is 121 cm³/mol. The number of halogens is 1. The number of carbonyl (C=O) groups is 3. The number of hydrogen-bond donors (Lipinski definition) is 1. The molecular formula is C23H26ClN3O5. The van der Waals surface area contributed by atoms with Gasteiger partial charge in [0.25, 0.3) is 0 Å². The molecule has 2 aromatic carbocycles. The number of amides is 1. The van der Waals surface area contributed by atoms with Crippen molar-refractivity contribution in [2.24, 2.45) is 0 Å². The quantitative estimate of drug-likeness (QED) is 0.637. The summed E-state index contributed by atoms with van der Waals surface area (Å²) in [7, 11) is 2.49. The lowest BCUT2D eigenvalue weighted by Crippen LogP contribution is -2.48. The van der Waals surface area contributed by atoms with Gasteiger partial charge in [-0.25, -0.2) is 9.59 Å². The Hall–Kier alpha value is -2.94. The molecule has 1 aliphatic heterocycles. The highest BCUT2D eigenvalue weighted by Gasteiger charge is 2.20. The van der Waals surface area contributed by atoms with Crippen LogP contribution < -0.4 is 5.32 Å². The number of hydrogen-bond acceptors (Lipinski definition) is 7. The summed E-state index contributed by atoms with van der Waals surface area (Å²) in [6.07, 6.45) is 0. The van der Waals surface area contributed by atoms with E-state index in [1.165, 1.54) is 32.4 Å². The average Bonchev–Trinajstić information content (AvgIpc) is 2.80. The van der Waals surface area contributed by atoms with Crippen molar-refractivity contribution >= 4 is 35.1 Å². The van der Waals surface area contributed by atoms with Gasteiger partial charge in [-0.05, 0) is 29.8 Å². The minimum absolute atomic E-state index is 0.152. The molecule has 0 radical (unpaired) electrons. The number of rotatable bonds is 7.